The molecule has 4 amide bonds. The highest BCUT2D eigenvalue weighted by Crippen LogP contribution is 2.49. The van der Waals surface area contributed by atoms with Gasteiger partial charge in [-0.25, -0.2) is 4.79 Å². The number of amides is 4. The minimum Gasteiger partial charge on any atom is -0.367 e. The second-order valence-electron chi connectivity index (χ2n) is 10.1. The molecule has 2 fully saturated rings. The van der Waals surface area contributed by atoms with Crippen LogP contribution in [0.25, 0.3) is 0 Å². The molecule has 1 aromatic carbocycles. The maximum absolute atomic E-state index is 13.5. The first-order valence-corrected chi connectivity index (χ1v) is 13.0. The largest absolute Gasteiger partial charge is 0.367 e. The minimum absolute atomic E-state index is 0.247. The summed E-state index contributed by atoms with van der Waals surface area (Å²) >= 11 is 5.52. The highest BCUT2D eigenvalue weighted by Gasteiger charge is 2.63. The van der Waals surface area contributed by atoms with E-state index in [0.29, 0.717) is 5.11 Å². The second kappa shape index (κ2) is 9.26. The lowest BCUT2D eigenvalue weighted by molar-refractivity contribution is -0.159. The zero-order valence-electron chi connectivity index (χ0n) is 20.4. The lowest BCUT2D eigenvalue weighted by Gasteiger charge is -2.50. The fourth-order valence-electron chi connectivity index (χ4n) is 6.24. The van der Waals surface area contributed by atoms with E-state index in [2.05, 4.69) is 27.7 Å². The van der Waals surface area contributed by atoms with Crippen molar-refractivity contribution in [2.75, 3.05) is 37.4 Å². The number of allylic oxidation sites excluding steroid dienone is 1. The first-order chi connectivity index (χ1) is 16.8. The Balaban J connectivity index is 1.35. The number of hydrogen-bond acceptors (Lipinski definition) is 5. The molecule has 0 aromatic heterocycles. The molecule has 4 aliphatic rings. The van der Waals surface area contributed by atoms with Crippen molar-refractivity contribution in [1.29, 1.82) is 0 Å². The van der Waals surface area contributed by atoms with Gasteiger partial charge in [-0.3, -0.25) is 19.4 Å². The molecule has 1 atom stereocenters. The lowest BCUT2D eigenvalue weighted by Crippen LogP contribution is -2.70. The summed E-state index contributed by atoms with van der Waals surface area (Å²) in [5.41, 5.74) is 3.00. The van der Waals surface area contributed by atoms with Crippen LogP contribution >= 0.6 is 12.2 Å². The van der Waals surface area contributed by atoms with E-state index >= 15 is 0 Å². The predicted octanol–water partition coefficient (Wildman–Crippen LogP) is 3.43. The van der Waals surface area contributed by atoms with Crippen LogP contribution in [0.1, 0.15) is 50.5 Å². The maximum Gasteiger partial charge on any atom is 0.332 e. The molecular weight excluding hydrogens is 462 g/mol. The first kappa shape index (κ1) is 23.8. The van der Waals surface area contributed by atoms with E-state index in [1.807, 2.05) is 12.1 Å². The van der Waals surface area contributed by atoms with E-state index < -0.39 is 23.3 Å². The van der Waals surface area contributed by atoms with E-state index in [4.69, 9.17) is 12.2 Å². The number of rotatable bonds is 4. The normalized spacial score (nSPS) is 23.3. The monoisotopic (exact) mass is 495 g/mol. The standard InChI is InChI=1S/C26H33N5O3S/c1-29-22(32)26(23(33)30(2)25(29)34)16-18-15-19(10-11-20(18)31-14-6-9-21(26)31)28-24(35)27-13-12-17-7-4-3-5-8-17/h7,10-11,15,21H,3-6,8-9,12-14,16H2,1-2H3,(H2,27,28,35)/t21-/m1/s1. The summed E-state index contributed by atoms with van der Waals surface area (Å²) in [6.07, 6.45) is 10.2. The van der Waals surface area contributed by atoms with E-state index in [0.717, 1.165) is 59.1 Å². The quantitative estimate of drug-likeness (QED) is 0.376. The molecule has 9 heteroatoms. The van der Waals surface area contributed by atoms with Gasteiger partial charge in [0.05, 0.1) is 6.04 Å². The number of carbonyl (C=O) groups excluding carboxylic acids is 3. The van der Waals surface area contributed by atoms with Crippen LogP contribution in [0.5, 0.6) is 0 Å². The molecule has 35 heavy (non-hydrogen) atoms. The predicted molar refractivity (Wildman–Crippen MR) is 139 cm³/mol. The van der Waals surface area contributed by atoms with Gasteiger partial charge in [0, 0.05) is 38.6 Å². The van der Waals surface area contributed by atoms with Gasteiger partial charge in [0.25, 0.3) is 0 Å². The van der Waals surface area contributed by atoms with Crippen molar-refractivity contribution in [2.45, 2.75) is 57.4 Å². The van der Waals surface area contributed by atoms with Crippen LogP contribution in [0.3, 0.4) is 0 Å². The number of benzene rings is 1. The summed E-state index contributed by atoms with van der Waals surface area (Å²) in [4.78, 5) is 43.8. The van der Waals surface area contributed by atoms with E-state index in [1.54, 1.807) is 0 Å². The minimum atomic E-state index is -1.29. The van der Waals surface area contributed by atoms with Gasteiger partial charge in [-0.05, 0) is 87.3 Å². The van der Waals surface area contributed by atoms with E-state index in [-0.39, 0.29) is 12.5 Å². The van der Waals surface area contributed by atoms with Gasteiger partial charge in [0.15, 0.2) is 10.5 Å². The summed E-state index contributed by atoms with van der Waals surface area (Å²) in [6, 6.07) is 5.21. The van der Waals surface area contributed by atoms with Crippen LogP contribution in [-0.2, 0) is 16.0 Å². The van der Waals surface area contributed by atoms with Gasteiger partial charge in [0.2, 0.25) is 11.8 Å². The second-order valence-corrected chi connectivity index (χ2v) is 10.5. The average molecular weight is 496 g/mol. The average Bonchev–Trinajstić information content (AvgIpc) is 3.36. The van der Waals surface area contributed by atoms with Crippen molar-refractivity contribution in [3.8, 4) is 0 Å². The van der Waals surface area contributed by atoms with Crippen molar-refractivity contribution in [3.63, 3.8) is 0 Å². The topological polar surface area (TPSA) is 85.0 Å². The number of urea groups is 1. The van der Waals surface area contributed by atoms with Gasteiger partial charge in [-0.2, -0.15) is 0 Å². The molecule has 3 aliphatic heterocycles. The Morgan fingerprint density at radius 1 is 1.11 bits per heavy atom. The highest BCUT2D eigenvalue weighted by molar-refractivity contribution is 7.80. The number of nitrogens with one attached hydrogen (secondary N) is 2. The van der Waals surface area contributed by atoms with Crippen LogP contribution in [-0.4, -0.2) is 66.0 Å². The van der Waals surface area contributed by atoms with E-state index in [1.165, 1.54) is 45.4 Å². The zero-order chi connectivity index (χ0) is 24.7. The summed E-state index contributed by atoms with van der Waals surface area (Å²) in [6.45, 7) is 1.57. The maximum atomic E-state index is 13.5. The molecule has 8 nitrogen and oxygen atoms in total. The fourth-order valence-corrected chi connectivity index (χ4v) is 6.46. The number of fused-ring (bicyclic) bond motifs is 4. The van der Waals surface area contributed by atoms with Crippen molar-refractivity contribution < 1.29 is 14.4 Å². The number of nitrogens with zero attached hydrogens (tertiary/aromatic N) is 3. The number of carbonyl (C=O) groups is 3. The number of thiocarbonyl (C=S) groups is 1. The Kier molecular flexibility index (Phi) is 6.29. The molecule has 0 unspecified atom stereocenters. The number of imide groups is 2. The van der Waals surface area contributed by atoms with Gasteiger partial charge in [-0.15, -0.1) is 0 Å². The summed E-state index contributed by atoms with van der Waals surface area (Å²) in [5, 5.41) is 7.11. The molecule has 1 spiro atoms. The molecule has 1 aromatic rings. The molecule has 0 bridgehead atoms. The van der Waals surface area contributed by atoms with Crippen LogP contribution in [0.2, 0.25) is 0 Å². The summed E-state index contributed by atoms with van der Waals surface area (Å²) < 4.78 is 0. The third-order valence-corrected chi connectivity index (χ3v) is 8.25. The smallest absolute Gasteiger partial charge is 0.332 e. The Morgan fingerprint density at radius 3 is 2.60 bits per heavy atom. The van der Waals surface area contributed by atoms with Crippen LogP contribution < -0.4 is 15.5 Å². The number of barbiturate groups is 1. The van der Waals surface area contributed by atoms with Gasteiger partial charge in [-0.1, -0.05) is 11.6 Å². The fraction of sp³-hybridized carbons (Fsp3) is 0.538. The molecule has 0 saturated carbocycles. The van der Waals surface area contributed by atoms with Crippen molar-refractivity contribution in [3.05, 3.63) is 35.4 Å². The molecule has 2 N–H and O–H groups in total. The van der Waals surface area contributed by atoms with Gasteiger partial charge < -0.3 is 15.5 Å². The molecular formula is C26H33N5O3S. The SMILES string of the molecule is CN1C(=O)N(C)C(=O)C2(Cc3cc(NC(=S)NCCC4=CCCCC4)ccc3N3CCC[C@@H]32)C1=O. The highest BCUT2D eigenvalue weighted by atomic mass is 32.1. The lowest BCUT2D eigenvalue weighted by atomic mass is 9.68. The van der Waals surface area contributed by atoms with Crippen LogP contribution in [0.4, 0.5) is 16.2 Å². The van der Waals surface area contributed by atoms with Gasteiger partial charge in [0.1, 0.15) is 0 Å². The molecule has 3 heterocycles. The van der Waals surface area contributed by atoms with Crippen molar-refractivity contribution in [2.24, 2.45) is 5.41 Å². The Labute approximate surface area is 211 Å². The third kappa shape index (κ3) is 3.99. The molecule has 1 aliphatic carbocycles. The van der Waals surface area contributed by atoms with Crippen LogP contribution in [0.15, 0.2) is 29.8 Å². The summed E-state index contributed by atoms with van der Waals surface area (Å²) in [7, 11) is 2.94. The number of hydrogen-bond donors (Lipinski definition) is 2. The van der Waals surface area contributed by atoms with E-state index in [9.17, 15) is 14.4 Å². The Bertz CT molecular complexity index is 1090. The molecule has 5 rings (SSSR count). The molecule has 2 saturated heterocycles. The van der Waals surface area contributed by atoms with Gasteiger partial charge >= 0.3 is 6.03 Å². The van der Waals surface area contributed by atoms with Crippen molar-refractivity contribution in [1.82, 2.24) is 15.1 Å². The molecule has 0 radical (unpaired) electrons. The number of anilines is 2. The summed E-state index contributed by atoms with van der Waals surface area (Å²) in [5.74, 6) is -0.804. The Hall–Kier alpha value is -2.94. The van der Waals surface area contributed by atoms with Crippen LogP contribution in [0, 0.1) is 5.41 Å². The zero-order valence-corrected chi connectivity index (χ0v) is 21.2. The Morgan fingerprint density at radius 2 is 1.89 bits per heavy atom. The third-order valence-electron chi connectivity index (χ3n) is 8.00. The van der Waals surface area contributed by atoms with Crippen molar-refractivity contribution >= 4 is 46.6 Å². The first-order valence-electron chi connectivity index (χ1n) is 12.6. The molecule has 186 valence electrons.